The average Bonchev–Trinajstić information content (AvgIpc) is 2.36. The monoisotopic (exact) mass is 352 g/mol. The summed E-state index contributed by atoms with van der Waals surface area (Å²) in [5, 5.41) is 7.11. The highest BCUT2D eigenvalue weighted by molar-refractivity contribution is 6.35. The lowest BCUT2D eigenvalue weighted by atomic mass is 9.89. The van der Waals surface area contributed by atoms with E-state index in [1.165, 1.54) is 0 Å². The van der Waals surface area contributed by atoms with Crippen molar-refractivity contribution in [3.8, 4) is 0 Å². The Morgan fingerprint density at radius 3 is 2.48 bits per heavy atom. The van der Waals surface area contributed by atoms with Gasteiger partial charge in [-0.3, -0.25) is 4.79 Å². The van der Waals surface area contributed by atoms with E-state index in [1.807, 2.05) is 12.1 Å². The number of likely N-dealkylation sites (N-methyl/N-ethyl adjacent to an activating group) is 1. The van der Waals surface area contributed by atoms with Crippen molar-refractivity contribution in [1.82, 2.24) is 10.6 Å². The van der Waals surface area contributed by atoms with Crippen LogP contribution in [0.3, 0.4) is 0 Å². The number of nitrogens with one attached hydrogen (secondary N) is 2. The molecule has 0 heterocycles. The van der Waals surface area contributed by atoms with E-state index in [4.69, 9.17) is 23.2 Å². The molecule has 0 aliphatic heterocycles. The van der Waals surface area contributed by atoms with Gasteiger partial charge in [-0.1, -0.05) is 43.1 Å². The minimum absolute atomic E-state index is 0. The number of hydrogen-bond acceptors (Lipinski definition) is 2. The van der Waals surface area contributed by atoms with Gasteiger partial charge in [-0.25, -0.2) is 0 Å². The molecule has 1 unspecified atom stereocenters. The summed E-state index contributed by atoms with van der Waals surface area (Å²) in [4.78, 5) is 11.5. The predicted molar refractivity (Wildman–Crippen MR) is 92.7 cm³/mol. The summed E-state index contributed by atoms with van der Waals surface area (Å²) in [7, 11) is 1.76. The molecular weight excluding hydrogens is 331 g/mol. The minimum Gasteiger partial charge on any atom is -0.355 e. The second-order valence-electron chi connectivity index (χ2n) is 5.28. The Kier molecular flexibility index (Phi) is 10.0. The zero-order valence-corrected chi connectivity index (χ0v) is 14.9. The summed E-state index contributed by atoms with van der Waals surface area (Å²) < 4.78 is 0. The van der Waals surface area contributed by atoms with Crippen molar-refractivity contribution < 1.29 is 4.79 Å². The molecule has 0 aliphatic carbocycles. The van der Waals surface area contributed by atoms with E-state index in [0.29, 0.717) is 35.0 Å². The molecule has 21 heavy (non-hydrogen) atoms. The molecule has 1 amide bonds. The maximum atomic E-state index is 11.5. The molecule has 1 aromatic carbocycles. The summed E-state index contributed by atoms with van der Waals surface area (Å²) in [6.07, 6.45) is 0.827. The van der Waals surface area contributed by atoms with Crippen LogP contribution in [0, 0.1) is 11.8 Å². The van der Waals surface area contributed by atoms with Crippen molar-refractivity contribution in [3.05, 3.63) is 33.8 Å². The number of rotatable bonds is 7. The third-order valence-electron chi connectivity index (χ3n) is 3.34. The van der Waals surface area contributed by atoms with Crippen LogP contribution in [0.4, 0.5) is 0 Å². The molecular formula is C15H23Cl3N2O. The summed E-state index contributed by atoms with van der Waals surface area (Å²) in [6.45, 7) is 5.29. The van der Waals surface area contributed by atoms with Crippen LogP contribution < -0.4 is 10.6 Å². The van der Waals surface area contributed by atoms with Crippen LogP contribution in [-0.4, -0.2) is 26.0 Å². The van der Waals surface area contributed by atoms with Gasteiger partial charge >= 0.3 is 0 Å². The van der Waals surface area contributed by atoms with Gasteiger partial charge in [0.2, 0.25) is 5.91 Å². The molecule has 0 aliphatic rings. The lowest BCUT2D eigenvalue weighted by Gasteiger charge is -2.22. The van der Waals surface area contributed by atoms with E-state index in [-0.39, 0.29) is 18.3 Å². The highest BCUT2D eigenvalue weighted by atomic mass is 35.5. The van der Waals surface area contributed by atoms with E-state index in [9.17, 15) is 4.79 Å². The molecule has 1 aromatic rings. The van der Waals surface area contributed by atoms with E-state index < -0.39 is 0 Å². The molecule has 0 bridgehead atoms. The van der Waals surface area contributed by atoms with Gasteiger partial charge in [0.1, 0.15) is 0 Å². The topological polar surface area (TPSA) is 41.1 Å². The molecule has 3 nitrogen and oxygen atoms in total. The van der Waals surface area contributed by atoms with Gasteiger partial charge in [-0.05, 0) is 43.0 Å². The van der Waals surface area contributed by atoms with Crippen LogP contribution in [-0.2, 0) is 11.2 Å². The largest absolute Gasteiger partial charge is 0.355 e. The fraction of sp³-hybridized carbons (Fsp3) is 0.533. The zero-order chi connectivity index (χ0) is 15.1. The number of carbonyl (C=O) groups is 1. The Balaban J connectivity index is 0.00000400. The Morgan fingerprint density at radius 2 is 1.95 bits per heavy atom. The van der Waals surface area contributed by atoms with Crippen molar-refractivity contribution in [2.75, 3.05) is 20.1 Å². The highest BCUT2D eigenvalue weighted by Crippen LogP contribution is 2.25. The van der Waals surface area contributed by atoms with Crippen LogP contribution in [0.1, 0.15) is 19.4 Å². The molecule has 120 valence electrons. The third-order valence-corrected chi connectivity index (χ3v) is 3.93. The van der Waals surface area contributed by atoms with Crippen molar-refractivity contribution in [2.45, 2.75) is 20.3 Å². The van der Waals surface area contributed by atoms with Gasteiger partial charge < -0.3 is 10.6 Å². The summed E-state index contributed by atoms with van der Waals surface area (Å²) in [6, 6.07) is 5.56. The molecule has 0 saturated heterocycles. The first kappa shape index (κ1) is 20.5. The van der Waals surface area contributed by atoms with Crippen molar-refractivity contribution in [3.63, 3.8) is 0 Å². The van der Waals surface area contributed by atoms with Crippen LogP contribution in [0.5, 0.6) is 0 Å². The molecule has 0 fully saturated rings. The Labute approximate surface area is 143 Å². The molecule has 0 spiro atoms. The fourth-order valence-electron chi connectivity index (χ4n) is 1.98. The van der Waals surface area contributed by atoms with Crippen molar-refractivity contribution >= 4 is 41.5 Å². The Hall–Kier alpha value is -0.480. The molecule has 0 saturated carbocycles. The smallest absolute Gasteiger partial charge is 0.233 e. The Morgan fingerprint density at radius 1 is 1.29 bits per heavy atom. The number of carbonyl (C=O) groups excluding carboxylic acids is 1. The predicted octanol–water partition coefficient (Wildman–Crippen LogP) is 3.57. The summed E-state index contributed by atoms with van der Waals surface area (Å²) >= 11 is 12.1. The second kappa shape index (κ2) is 10.3. The molecule has 1 atom stereocenters. The lowest BCUT2D eigenvalue weighted by Crippen LogP contribution is -2.37. The first-order valence-corrected chi connectivity index (χ1v) is 7.54. The van der Waals surface area contributed by atoms with E-state index in [0.717, 1.165) is 12.0 Å². The normalized spacial score (nSPS) is 11.9. The molecule has 0 radical (unpaired) electrons. The van der Waals surface area contributed by atoms with E-state index >= 15 is 0 Å². The SMILES string of the molecule is CNCC(=O)NCC(Cc1ccc(Cl)cc1Cl)C(C)C.Cl. The van der Waals surface area contributed by atoms with Gasteiger partial charge in [-0.15, -0.1) is 12.4 Å². The maximum Gasteiger partial charge on any atom is 0.233 e. The number of benzene rings is 1. The number of amides is 1. The standard InChI is InChI=1S/C15H22Cl2N2O.ClH/c1-10(2)12(8-19-15(20)9-18-3)6-11-4-5-13(16)7-14(11)17;/h4-5,7,10,12,18H,6,8-9H2,1-3H3,(H,19,20);1H. The average molecular weight is 354 g/mol. The molecule has 6 heteroatoms. The Bertz CT molecular complexity index is 453. The highest BCUT2D eigenvalue weighted by Gasteiger charge is 2.16. The van der Waals surface area contributed by atoms with Crippen LogP contribution in [0.15, 0.2) is 18.2 Å². The molecule has 0 aromatic heterocycles. The minimum atomic E-state index is 0. The van der Waals surface area contributed by atoms with Gasteiger partial charge in [-0.2, -0.15) is 0 Å². The maximum absolute atomic E-state index is 11.5. The fourth-order valence-corrected chi connectivity index (χ4v) is 2.47. The molecule has 2 N–H and O–H groups in total. The van der Waals surface area contributed by atoms with Gasteiger partial charge in [0.15, 0.2) is 0 Å². The molecule has 1 rings (SSSR count). The van der Waals surface area contributed by atoms with Crippen LogP contribution in [0.2, 0.25) is 10.0 Å². The first-order chi connectivity index (χ1) is 9.43. The van der Waals surface area contributed by atoms with Gasteiger partial charge in [0.05, 0.1) is 6.54 Å². The summed E-state index contributed by atoms with van der Waals surface area (Å²) in [5.74, 6) is 0.812. The third kappa shape index (κ3) is 7.37. The van der Waals surface area contributed by atoms with Gasteiger partial charge in [0.25, 0.3) is 0 Å². The van der Waals surface area contributed by atoms with Crippen LogP contribution in [0.25, 0.3) is 0 Å². The zero-order valence-electron chi connectivity index (χ0n) is 12.6. The van der Waals surface area contributed by atoms with E-state index in [2.05, 4.69) is 24.5 Å². The second-order valence-corrected chi connectivity index (χ2v) is 6.12. The van der Waals surface area contributed by atoms with E-state index in [1.54, 1.807) is 13.1 Å². The lowest BCUT2D eigenvalue weighted by molar-refractivity contribution is -0.120. The van der Waals surface area contributed by atoms with Crippen LogP contribution >= 0.6 is 35.6 Å². The van der Waals surface area contributed by atoms with Crippen molar-refractivity contribution in [2.24, 2.45) is 11.8 Å². The number of halogens is 3. The summed E-state index contributed by atoms with van der Waals surface area (Å²) in [5.41, 5.74) is 1.07. The first-order valence-electron chi connectivity index (χ1n) is 6.79. The quantitative estimate of drug-likeness (QED) is 0.787. The van der Waals surface area contributed by atoms with Gasteiger partial charge in [0, 0.05) is 16.6 Å². The number of hydrogen-bond donors (Lipinski definition) is 2. The van der Waals surface area contributed by atoms with Crippen molar-refractivity contribution in [1.29, 1.82) is 0 Å².